The van der Waals surface area contributed by atoms with Crippen LogP contribution in [-0.2, 0) is 4.74 Å². The van der Waals surface area contributed by atoms with Crippen LogP contribution in [0.2, 0.25) is 0 Å². The van der Waals surface area contributed by atoms with Gasteiger partial charge in [-0.2, -0.15) is 0 Å². The Bertz CT molecular complexity index is 1070. The molecule has 0 aliphatic heterocycles. The first-order chi connectivity index (χ1) is 13.5. The van der Waals surface area contributed by atoms with E-state index in [2.05, 4.69) is 5.32 Å². The van der Waals surface area contributed by atoms with Gasteiger partial charge in [0.05, 0.1) is 12.2 Å². The van der Waals surface area contributed by atoms with Gasteiger partial charge in [0.15, 0.2) is 0 Å². The van der Waals surface area contributed by atoms with Crippen molar-refractivity contribution in [2.75, 3.05) is 11.9 Å². The summed E-state index contributed by atoms with van der Waals surface area (Å²) in [5.74, 6) is -0.979. The zero-order valence-electron chi connectivity index (χ0n) is 15.8. The summed E-state index contributed by atoms with van der Waals surface area (Å²) in [5, 5.41) is 3.32. The summed E-state index contributed by atoms with van der Waals surface area (Å²) in [6.45, 7) is 4.23. The quantitative estimate of drug-likeness (QED) is 0.392. The minimum atomic E-state index is -0.699. The van der Waals surface area contributed by atoms with Crippen LogP contribution in [0.4, 0.5) is 5.69 Å². The molecule has 0 fully saturated rings. The number of hydrogen-bond donors (Lipinski definition) is 1. The first-order valence-corrected chi connectivity index (χ1v) is 9.11. The summed E-state index contributed by atoms with van der Waals surface area (Å²) in [7, 11) is 0. The zero-order valence-corrected chi connectivity index (χ0v) is 15.8. The van der Waals surface area contributed by atoms with E-state index < -0.39 is 17.5 Å². The molecule has 0 saturated carbocycles. The van der Waals surface area contributed by atoms with E-state index in [-0.39, 0.29) is 5.56 Å². The number of para-hydroxylation sites is 1. The van der Waals surface area contributed by atoms with Crippen LogP contribution in [-0.4, -0.2) is 18.5 Å². The SMILES string of the molecule is CCCCOC(=O)c1ccc(NC(=O)c2cc3cccc(C)c3oc2=O)cc1. The van der Waals surface area contributed by atoms with Crippen molar-refractivity contribution in [2.24, 2.45) is 0 Å². The number of aryl methyl sites for hydroxylation is 1. The Balaban J connectivity index is 1.74. The van der Waals surface area contributed by atoms with E-state index in [1.165, 1.54) is 6.07 Å². The van der Waals surface area contributed by atoms with E-state index in [9.17, 15) is 14.4 Å². The molecular weight excluding hydrogens is 358 g/mol. The molecule has 3 rings (SSSR count). The average Bonchev–Trinajstić information content (AvgIpc) is 2.69. The highest BCUT2D eigenvalue weighted by molar-refractivity contribution is 6.05. The molecule has 144 valence electrons. The van der Waals surface area contributed by atoms with Crippen molar-refractivity contribution >= 4 is 28.5 Å². The number of rotatable bonds is 6. The van der Waals surface area contributed by atoms with Gasteiger partial charge in [-0.3, -0.25) is 4.79 Å². The molecule has 0 spiro atoms. The minimum Gasteiger partial charge on any atom is -0.462 e. The van der Waals surface area contributed by atoms with Crippen LogP contribution < -0.4 is 10.9 Å². The van der Waals surface area contributed by atoms with Crippen molar-refractivity contribution in [1.29, 1.82) is 0 Å². The number of anilines is 1. The maximum absolute atomic E-state index is 12.5. The number of carbonyl (C=O) groups is 2. The summed E-state index contributed by atoms with van der Waals surface area (Å²) in [4.78, 5) is 36.6. The van der Waals surface area contributed by atoms with Crippen LogP contribution in [0.15, 0.2) is 57.7 Å². The first kappa shape index (κ1) is 19.4. The normalized spacial score (nSPS) is 10.6. The summed E-state index contributed by atoms with van der Waals surface area (Å²) in [6.07, 6.45) is 1.76. The fourth-order valence-electron chi connectivity index (χ4n) is 2.73. The van der Waals surface area contributed by atoms with Gasteiger partial charge in [0.1, 0.15) is 11.1 Å². The van der Waals surface area contributed by atoms with Gasteiger partial charge < -0.3 is 14.5 Å². The molecule has 6 nitrogen and oxygen atoms in total. The van der Waals surface area contributed by atoms with Gasteiger partial charge in [-0.05, 0) is 49.2 Å². The number of ether oxygens (including phenoxy) is 1. The summed E-state index contributed by atoms with van der Waals surface area (Å²) < 4.78 is 10.4. The Kier molecular flexibility index (Phi) is 5.89. The lowest BCUT2D eigenvalue weighted by Gasteiger charge is -2.07. The molecule has 0 unspecified atom stereocenters. The molecule has 0 radical (unpaired) electrons. The van der Waals surface area contributed by atoms with Crippen LogP contribution in [0.25, 0.3) is 11.0 Å². The summed E-state index contributed by atoms with van der Waals surface area (Å²) >= 11 is 0. The van der Waals surface area contributed by atoms with Crippen molar-refractivity contribution in [3.8, 4) is 0 Å². The minimum absolute atomic E-state index is 0.0823. The van der Waals surface area contributed by atoms with Crippen molar-refractivity contribution in [3.63, 3.8) is 0 Å². The fraction of sp³-hybridized carbons (Fsp3) is 0.227. The molecule has 0 aliphatic rings. The number of benzene rings is 2. The molecule has 28 heavy (non-hydrogen) atoms. The largest absolute Gasteiger partial charge is 0.462 e. The monoisotopic (exact) mass is 379 g/mol. The predicted octanol–water partition coefficient (Wildman–Crippen LogP) is 4.31. The highest BCUT2D eigenvalue weighted by atomic mass is 16.5. The van der Waals surface area contributed by atoms with Crippen molar-refractivity contribution in [3.05, 3.63) is 75.6 Å². The summed E-state index contributed by atoms with van der Waals surface area (Å²) in [5.41, 5.74) is 1.36. The van der Waals surface area contributed by atoms with Crippen LogP contribution in [0.5, 0.6) is 0 Å². The lowest BCUT2D eigenvalue weighted by Crippen LogP contribution is -2.20. The number of unbranched alkanes of at least 4 members (excludes halogenated alkanes) is 1. The van der Waals surface area contributed by atoms with Gasteiger partial charge in [0.25, 0.3) is 5.91 Å². The Morgan fingerprint density at radius 3 is 2.57 bits per heavy atom. The molecular formula is C22H21NO5. The topological polar surface area (TPSA) is 85.6 Å². The third-order valence-electron chi connectivity index (χ3n) is 4.31. The van der Waals surface area contributed by atoms with E-state index in [0.29, 0.717) is 28.8 Å². The molecule has 0 bridgehead atoms. The maximum atomic E-state index is 12.5. The van der Waals surface area contributed by atoms with Gasteiger partial charge in [-0.25, -0.2) is 9.59 Å². The Hall–Kier alpha value is -3.41. The molecule has 3 aromatic rings. The smallest absolute Gasteiger partial charge is 0.349 e. The van der Waals surface area contributed by atoms with Crippen molar-refractivity contribution in [1.82, 2.24) is 0 Å². The number of nitrogens with one attached hydrogen (secondary N) is 1. The second-order valence-corrected chi connectivity index (χ2v) is 6.46. The fourth-order valence-corrected chi connectivity index (χ4v) is 2.73. The molecule has 0 atom stereocenters. The van der Waals surface area contributed by atoms with Crippen LogP contribution in [0.3, 0.4) is 0 Å². The number of hydrogen-bond acceptors (Lipinski definition) is 5. The standard InChI is InChI=1S/C22H21NO5/c1-3-4-12-27-21(25)15-8-10-17(11-9-15)23-20(24)18-13-16-7-5-6-14(2)19(16)28-22(18)26/h5-11,13H,3-4,12H2,1-2H3,(H,23,24). The molecule has 1 aromatic heterocycles. The van der Waals surface area contributed by atoms with Gasteiger partial charge in [0.2, 0.25) is 0 Å². The molecule has 0 saturated heterocycles. The number of carbonyl (C=O) groups excluding carboxylic acids is 2. The van der Waals surface area contributed by atoms with E-state index in [1.807, 2.05) is 26.0 Å². The Morgan fingerprint density at radius 2 is 1.86 bits per heavy atom. The molecule has 2 aromatic carbocycles. The predicted molar refractivity (Wildman–Crippen MR) is 107 cm³/mol. The van der Waals surface area contributed by atoms with Crippen LogP contribution in [0, 0.1) is 6.92 Å². The average molecular weight is 379 g/mol. The lowest BCUT2D eigenvalue weighted by atomic mass is 10.1. The van der Waals surface area contributed by atoms with Gasteiger partial charge >= 0.3 is 11.6 Å². The highest BCUT2D eigenvalue weighted by Crippen LogP contribution is 2.18. The zero-order chi connectivity index (χ0) is 20.1. The first-order valence-electron chi connectivity index (χ1n) is 9.11. The Labute approximate surface area is 162 Å². The van der Waals surface area contributed by atoms with Crippen LogP contribution >= 0.6 is 0 Å². The number of fused-ring (bicyclic) bond motifs is 1. The lowest BCUT2D eigenvalue weighted by molar-refractivity contribution is 0.0499. The molecule has 1 heterocycles. The summed E-state index contributed by atoms with van der Waals surface area (Å²) in [6, 6.07) is 13.3. The van der Waals surface area contributed by atoms with E-state index in [4.69, 9.17) is 9.15 Å². The number of esters is 1. The van der Waals surface area contributed by atoms with E-state index in [0.717, 1.165) is 18.4 Å². The van der Waals surface area contributed by atoms with Gasteiger partial charge in [-0.1, -0.05) is 31.5 Å². The van der Waals surface area contributed by atoms with E-state index in [1.54, 1.807) is 30.3 Å². The van der Waals surface area contributed by atoms with Crippen molar-refractivity contribution in [2.45, 2.75) is 26.7 Å². The number of amides is 1. The third kappa shape index (κ3) is 4.28. The molecule has 0 aliphatic carbocycles. The second-order valence-electron chi connectivity index (χ2n) is 6.46. The van der Waals surface area contributed by atoms with Crippen LogP contribution in [0.1, 0.15) is 46.0 Å². The molecule has 1 amide bonds. The maximum Gasteiger partial charge on any atom is 0.349 e. The highest BCUT2D eigenvalue weighted by Gasteiger charge is 2.15. The third-order valence-corrected chi connectivity index (χ3v) is 4.31. The second kappa shape index (κ2) is 8.52. The van der Waals surface area contributed by atoms with Gasteiger partial charge in [-0.15, -0.1) is 0 Å². The van der Waals surface area contributed by atoms with Crippen molar-refractivity contribution < 1.29 is 18.7 Å². The van der Waals surface area contributed by atoms with Gasteiger partial charge in [0, 0.05) is 11.1 Å². The molecule has 1 N–H and O–H groups in total. The molecule has 6 heteroatoms. The van der Waals surface area contributed by atoms with E-state index >= 15 is 0 Å². The Morgan fingerprint density at radius 1 is 1.11 bits per heavy atom.